The summed E-state index contributed by atoms with van der Waals surface area (Å²) in [6.45, 7) is -0.194. The van der Waals surface area contributed by atoms with Gasteiger partial charge in [0, 0.05) is 25.5 Å². The van der Waals surface area contributed by atoms with Gasteiger partial charge in [-0.2, -0.15) is 0 Å². The van der Waals surface area contributed by atoms with Crippen LogP contribution in [0, 0.1) is 11.8 Å². The van der Waals surface area contributed by atoms with E-state index in [1.165, 1.54) is 0 Å². The molecular weight excluding hydrogens is 306 g/mol. The van der Waals surface area contributed by atoms with Crippen LogP contribution in [0.25, 0.3) is 0 Å². The molecule has 3 rings (SSSR count). The lowest BCUT2D eigenvalue weighted by Crippen LogP contribution is -2.38. The van der Waals surface area contributed by atoms with Crippen molar-refractivity contribution < 1.29 is 14.4 Å². The Balaban J connectivity index is 1.62. The third-order valence-electron chi connectivity index (χ3n) is 4.90. The van der Waals surface area contributed by atoms with Crippen molar-refractivity contribution in [3.63, 3.8) is 0 Å². The first kappa shape index (κ1) is 16.5. The fourth-order valence-electron chi connectivity index (χ4n) is 3.57. The van der Waals surface area contributed by atoms with E-state index in [2.05, 4.69) is 5.32 Å². The van der Waals surface area contributed by atoms with E-state index >= 15 is 0 Å². The Morgan fingerprint density at radius 1 is 1.08 bits per heavy atom. The average molecular weight is 329 g/mol. The molecule has 2 unspecified atom stereocenters. The largest absolute Gasteiger partial charge is 0.378 e. The summed E-state index contributed by atoms with van der Waals surface area (Å²) in [5.74, 6) is -1.12. The highest BCUT2D eigenvalue weighted by Crippen LogP contribution is 2.37. The molecule has 2 aliphatic rings. The maximum atomic E-state index is 12.4. The van der Waals surface area contributed by atoms with Crippen molar-refractivity contribution in [2.75, 3.05) is 30.9 Å². The number of likely N-dealkylation sites (tertiary alicyclic amines) is 1. The Labute approximate surface area is 141 Å². The SMILES string of the molecule is CN(C)c1ccc(NC(=O)CN2C(=O)C3CCCCC3C2=O)cc1. The molecule has 128 valence electrons. The molecule has 2 fully saturated rings. The lowest BCUT2D eigenvalue weighted by Gasteiger charge is -2.19. The topological polar surface area (TPSA) is 69.7 Å². The number of hydrogen-bond acceptors (Lipinski definition) is 4. The molecule has 1 aliphatic carbocycles. The first-order valence-corrected chi connectivity index (χ1v) is 8.40. The van der Waals surface area contributed by atoms with Crippen molar-refractivity contribution in [3.05, 3.63) is 24.3 Å². The van der Waals surface area contributed by atoms with Gasteiger partial charge in [0.2, 0.25) is 17.7 Å². The second-order valence-electron chi connectivity index (χ2n) is 6.75. The van der Waals surface area contributed by atoms with E-state index in [1.54, 1.807) is 12.1 Å². The van der Waals surface area contributed by atoms with E-state index in [9.17, 15) is 14.4 Å². The Morgan fingerprint density at radius 2 is 1.62 bits per heavy atom. The first-order valence-electron chi connectivity index (χ1n) is 8.40. The third-order valence-corrected chi connectivity index (χ3v) is 4.90. The van der Waals surface area contributed by atoms with Crippen LogP contribution in [0.2, 0.25) is 0 Å². The van der Waals surface area contributed by atoms with Crippen molar-refractivity contribution in [2.24, 2.45) is 11.8 Å². The standard InChI is InChI=1S/C18H23N3O3/c1-20(2)13-9-7-12(8-10-13)19-16(22)11-21-17(23)14-5-3-4-6-15(14)18(21)24/h7-10,14-15H,3-6,11H2,1-2H3,(H,19,22). The van der Waals surface area contributed by atoms with Crippen LogP contribution >= 0.6 is 0 Å². The Morgan fingerprint density at radius 3 is 2.12 bits per heavy atom. The van der Waals surface area contributed by atoms with Gasteiger partial charge < -0.3 is 10.2 Å². The summed E-state index contributed by atoms with van der Waals surface area (Å²) in [5.41, 5.74) is 1.68. The molecule has 3 amide bonds. The van der Waals surface area contributed by atoms with Gasteiger partial charge in [-0.15, -0.1) is 0 Å². The van der Waals surface area contributed by atoms with Gasteiger partial charge in [0.1, 0.15) is 6.54 Å². The molecule has 0 bridgehead atoms. The fraction of sp³-hybridized carbons (Fsp3) is 0.500. The van der Waals surface area contributed by atoms with Gasteiger partial charge in [0.15, 0.2) is 0 Å². The Bertz CT molecular complexity index is 630. The number of carbonyl (C=O) groups is 3. The maximum absolute atomic E-state index is 12.4. The highest BCUT2D eigenvalue weighted by molar-refractivity contribution is 6.08. The zero-order valence-electron chi connectivity index (χ0n) is 14.1. The molecule has 2 atom stereocenters. The smallest absolute Gasteiger partial charge is 0.244 e. The fourth-order valence-corrected chi connectivity index (χ4v) is 3.57. The molecule has 1 saturated carbocycles. The van der Waals surface area contributed by atoms with Gasteiger partial charge in [-0.3, -0.25) is 19.3 Å². The zero-order valence-corrected chi connectivity index (χ0v) is 14.1. The number of amides is 3. The number of anilines is 2. The number of imide groups is 1. The molecule has 1 heterocycles. The quantitative estimate of drug-likeness (QED) is 0.856. The van der Waals surface area contributed by atoms with E-state index in [0.29, 0.717) is 5.69 Å². The maximum Gasteiger partial charge on any atom is 0.244 e. The number of nitrogens with one attached hydrogen (secondary N) is 1. The van der Waals surface area contributed by atoms with E-state index < -0.39 is 0 Å². The normalized spacial score (nSPS) is 23.2. The van der Waals surface area contributed by atoms with Crippen LogP contribution in [-0.2, 0) is 14.4 Å². The van der Waals surface area contributed by atoms with Gasteiger partial charge in [0.05, 0.1) is 11.8 Å². The molecular formula is C18H23N3O3. The van der Waals surface area contributed by atoms with Crippen LogP contribution < -0.4 is 10.2 Å². The number of fused-ring (bicyclic) bond motifs is 1. The van der Waals surface area contributed by atoms with Gasteiger partial charge in [-0.1, -0.05) is 12.8 Å². The monoisotopic (exact) mass is 329 g/mol. The number of carbonyl (C=O) groups excluding carboxylic acids is 3. The molecule has 1 saturated heterocycles. The van der Waals surface area contributed by atoms with Gasteiger partial charge in [-0.25, -0.2) is 0 Å². The summed E-state index contributed by atoms with van der Waals surface area (Å²) < 4.78 is 0. The molecule has 24 heavy (non-hydrogen) atoms. The second-order valence-corrected chi connectivity index (χ2v) is 6.75. The van der Waals surface area contributed by atoms with Crippen LogP contribution in [-0.4, -0.2) is 43.3 Å². The van der Waals surface area contributed by atoms with Crippen LogP contribution in [0.1, 0.15) is 25.7 Å². The molecule has 1 aromatic rings. The minimum Gasteiger partial charge on any atom is -0.378 e. The highest BCUT2D eigenvalue weighted by atomic mass is 16.2. The number of hydrogen-bond donors (Lipinski definition) is 1. The van der Waals surface area contributed by atoms with E-state index in [1.807, 2.05) is 31.1 Å². The lowest BCUT2D eigenvalue weighted by molar-refractivity contribution is -0.142. The lowest BCUT2D eigenvalue weighted by atomic mass is 9.81. The summed E-state index contributed by atoms with van der Waals surface area (Å²) in [6, 6.07) is 7.41. The van der Waals surface area contributed by atoms with Crippen molar-refractivity contribution >= 4 is 29.1 Å². The van der Waals surface area contributed by atoms with Crippen molar-refractivity contribution in [3.8, 4) is 0 Å². The predicted molar refractivity (Wildman–Crippen MR) is 91.6 cm³/mol. The average Bonchev–Trinajstić information content (AvgIpc) is 2.81. The van der Waals surface area contributed by atoms with Crippen molar-refractivity contribution in [1.29, 1.82) is 0 Å². The third kappa shape index (κ3) is 3.13. The second kappa shape index (κ2) is 6.63. The van der Waals surface area contributed by atoms with E-state index in [4.69, 9.17) is 0 Å². The molecule has 0 aromatic heterocycles. The Hall–Kier alpha value is -2.37. The number of benzene rings is 1. The minimum absolute atomic E-state index is 0.178. The number of rotatable bonds is 4. The van der Waals surface area contributed by atoms with Crippen LogP contribution in [0.5, 0.6) is 0 Å². The molecule has 6 nitrogen and oxygen atoms in total. The van der Waals surface area contributed by atoms with E-state index in [-0.39, 0.29) is 36.1 Å². The molecule has 6 heteroatoms. The van der Waals surface area contributed by atoms with E-state index in [0.717, 1.165) is 36.3 Å². The number of nitrogens with zero attached hydrogens (tertiary/aromatic N) is 2. The van der Waals surface area contributed by atoms with Crippen LogP contribution in [0.3, 0.4) is 0 Å². The van der Waals surface area contributed by atoms with Crippen molar-refractivity contribution in [1.82, 2.24) is 4.90 Å². The molecule has 0 spiro atoms. The summed E-state index contributed by atoms with van der Waals surface area (Å²) in [5, 5.41) is 2.75. The zero-order chi connectivity index (χ0) is 17.3. The van der Waals surface area contributed by atoms with Gasteiger partial charge in [-0.05, 0) is 37.1 Å². The summed E-state index contributed by atoms with van der Waals surface area (Å²) in [6.07, 6.45) is 3.50. The molecule has 0 radical (unpaired) electrons. The van der Waals surface area contributed by atoms with Gasteiger partial charge in [0.25, 0.3) is 0 Å². The first-order chi connectivity index (χ1) is 11.5. The van der Waals surface area contributed by atoms with Crippen LogP contribution in [0.15, 0.2) is 24.3 Å². The highest BCUT2D eigenvalue weighted by Gasteiger charge is 2.48. The van der Waals surface area contributed by atoms with Crippen LogP contribution in [0.4, 0.5) is 11.4 Å². The molecule has 1 aromatic carbocycles. The molecule has 1 N–H and O–H groups in total. The van der Waals surface area contributed by atoms with Gasteiger partial charge >= 0.3 is 0 Å². The Kier molecular flexibility index (Phi) is 4.55. The predicted octanol–water partition coefficient (Wildman–Crippen LogP) is 1.87. The molecule has 1 aliphatic heterocycles. The summed E-state index contributed by atoms with van der Waals surface area (Å²) in [4.78, 5) is 40.1. The summed E-state index contributed by atoms with van der Waals surface area (Å²) in [7, 11) is 3.88. The minimum atomic E-state index is -0.340. The summed E-state index contributed by atoms with van der Waals surface area (Å²) >= 11 is 0. The van der Waals surface area contributed by atoms with Crippen molar-refractivity contribution in [2.45, 2.75) is 25.7 Å².